The van der Waals surface area contributed by atoms with Gasteiger partial charge in [0.15, 0.2) is 0 Å². The Labute approximate surface area is 241 Å². The number of piperidine rings is 1. The van der Waals surface area contributed by atoms with Gasteiger partial charge in [0.1, 0.15) is 21.3 Å². The summed E-state index contributed by atoms with van der Waals surface area (Å²) in [6.07, 6.45) is 6.95. The van der Waals surface area contributed by atoms with E-state index in [0.29, 0.717) is 32.8 Å². The summed E-state index contributed by atoms with van der Waals surface area (Å²) in [5, 5.41) is 3.65. The van der Waals surface area contributed by atoms with Gasteiger partial charge in [0.2, 0.25) is 0 Å². The highest BCUT2D eigenvalue weighted by atomic mass is 16.6. The molecule has 2 fully saturated rings. The first-order valence-electron chi connectivity index (χ1n) is 13.5. The molecule has 0 bridgehead atoms. The standard InChI is InChI=1S/C26H29B5N6O3/c1-2-39-24(7-3-8-32-17-24)19-4-5-20(33-15-19)18-14-22-21(6-9-34-37(22)16-18)35-10-12-36(13-11-35)23(38)40-26(30,31)25(27,28)29/h4-6,9,14-16,32H,2-3,7-8,10-13,17H2,1H3/t24-/m0/s1. The lowest BCUT2D eigenvalue weighted by molar-refractivity contribution is -0.0603. The highest BCUT2D eigenvalue weighted by Gasteiger charge is 2.36. The summed E-state index contributed by atoms with van der Waals surface area (Å²) in [4.78, 5) is 21.0. The van der Waals surface area contributed by atoms with Crippen LogP contribution in [0.5, 0.6) is 0 Å². The number of anilines is 1. The second-order valence-corrected chi connectivity index (χ2v) is 10.5. The van der Waals surface area contributed by atoms with Crippen LogP contribution in [0.25, 0.3) is 16.8 Å². The molecule has 10 radical (unpaired) electrons. The normalized spacial score (nSPS) is 20.5. The van der Waals surface area contributed by atoms with Crippen LogP contribution < -0.4 is 10.2 Å². The van der Waals surface area contributed by atoms with Crippen molar-refractivity contribution in [2.45, 2.75) is 35.9 Å². The second-order valence-electron chi connectivity index (χ2n) is 10.5. The molecule has 9 nitrogen and oxygen atoms in total. The fourth-order valence-corrected chi connectivity index (χ4v) is 5.28. The van der Waals surface area contributed by atoms with Crippen LogP contribution >= 0.6 is 0 Å². The minimum Gasteiger partial charge on any atom is -0.465 e. The van der Waals surface area contributed by atoms with E-state index in [0.717, 1.165) is 54.0 Å². The molecule has 0 spiro atoms. The molecule has 2 aliphatic rings. The Morgan fingerprint density at radius 1 is 1.12 bits per heavy atom. The summed E-state index contributed by atoms with van der Waals surface area (Å²) in [5.74, 6) is 0. The Hall–Kier alpha value is -2.85. The zero-order valence-corrected chi connectivity index (χ0v) is 22.8. The minimum atomic E-state index is -2.22. The molecule has 196 valence electrons. The van der Waals surface area contributed by atoms with Crippen LogP contribution in [0.2, 0.25) is 5.11 Å². The summed E-state index contributed by atoms with van der Waals surface area (Å²) < 4.78 is 13.1. The van der Waals surface area contributed by atoms with E-state index in [1.54, 1.807) is 6.20 Å². The van der Waals surface area contributed by atoms with Crippen molar-refractivity contribution < 1.29 is 14.3 Å². The molecule has 2 aliphatic heterocycles. The first-order chi connectivity index (χ1) is 19.0. The smallest absolute Gasteiger partial charge is 0.408 e. The van der Waals surface area contributed by atoms with Gasteiger partial charge < -0.3 is 24.6 Å². The third-order valence-corrected chi connectivity index (χ3v) is 7.65. The third-order valence-electron chi connectivity index (χ3n) is 7.65. The number of nitrogens with zero attached hydrogens (tertiary/aromatic N) is 5. The van der Waals surface area contributed by atoms with Gasteiger partial charge in [-0.25, -0.2) is 9.31 Å². The van der Waals surface area contributed by atoms with Crippen molar-refractivity contribution in [3.8, 4) is 11.3 Å². The van der Waals surface area contributed by atoms with Crippen molar-refractivity contribution in [1.82, 2.24) is 24.8 Å². The lowest BCUT2D eigenvalue weighted by atomic mass is 9.28. The van der Waals surface area contributed by atoms with Crippen molar-refractivity contribution >= 4 is 56.5 Å². The molecule has 5 heterocycles. The predicted octanol–water partition coefficient (Wildman–Crippen LogP) is 0.840. The van der Waals surface area contributed by atoms with E-state index in [1.165, 1.54) is 4.90 Å². The molecule has 1 N–H and O–H groups in total. The number of ether oxygens (including phenoxy) is 2. The Kier molecular flexibility index (Phi) is 8.03. The molecule has 1 atom stereocenters. The van der Waals surface area contributed by atoms with E-state index < -0.39 is 16.6 Å². The zero-order chi connectivity index (χ0) is 28.5. The van der Waals surface area contributed by atoms with Crippen LogP contribution in [-0.2, 0) is 15.1 Å². The highest BCUT2D eigenvalue weighted by Crippen LogP contribution is 2.34. The number of fused-ring (bicyclic) bond motifs is 1. The fourth-order valence-electron chi connectivity index (χ4n) is 5.28. The van der Waals surface area contributed by atoms with Gasteiger partial charge in [0.25, 0.3) is 0 Å². The Morgan fingerprint density at radius 3 is 2.52 bits per heavy atom. The van der Waals surface area contributed by atoms with Crippen molar-refractivity contribution in [2.75, 3.05) is 50.8 Å². The van der Waals surface area contributed by atoms with Crippen LogP contribution in [-0.4, -0.2) is 116 Å². The number of carbonyl (C=O) groups excluding carboxylic acids is 1. The topological polar surface area (TPSA) is 84.2 Å². The molecule has 3 aromatic rings. The van der Waals surface area contributed by atoms with E-state index >= 15 is 0 Å². The zero-order valence-electron chi connectivity index (χ0n) is 22.8. The summed E-state index contributed by atoms with van der Waals surface area (Å²) in [6.45, 7) is 6.32. The van der Waals surface area contributed by atoms with Crippen LogP contribution in [0, 0.1) is 0 Å². The molecule has 0 aromatic carbocycles. The predicted molar refractivity (Wildman–Crippen MR) is 158 cm³/mol. The van der Waals surface area contributed by atoms with Crippen molar-refractivity contribution in [3.63, 3.8) is 0 Å². The Balaban J connectivity index is 1.30. The van der Waals surface area contributed by atoms with Crippen molar-refractivity contribution in [2.24, 2.45) is 0 Å². The van der Waals surface area contributed by atoms with E-state index in [4.69, 9.17) is 53.7 Å². The summed E-state index contributed by atoms with van der Waals surface area (Å²) in [7, 11) is 28.0. The van der Waals surface area contributed by atoms with Crippen LogP contribution in [0.15, 0.2) is 42.9 Å². The van der Waals surface area contributed by atoms with Crippen LogP contribution in [0.1, 0.15) is 25.3 Å². The molecular formula is C26H29B5N6O3. The van der Waals surface area contributed by atoms with Crippen LogP contribution in [0.4, 0.5) is 10.5 Å². The summed E-state index contributed by atoms with van der Waals surface area (Å²) in [6, 6.07) is 8.19. The van der Waals surface area contributed by atoms with Gasteiger partial charge in [0.05, 0.1) is 40.4 Å². The molecule has 40 heavy (non-hydrogen) atoms. The van der Waals surface area contributed by atoms with E-state index in [9.17, 15) is 4.79 Å². The average molecular weight is 528 g/mol. The molecule has 0 saturated carbocycles. The van der Waals surface area contributed by atoms with Gasteiger partial charge in [-0.2, -0.15) is 5.10 Å². The molecule has 1 amide bonds. The first kappa shape index (κ1) is 28.7. The molecule has 5 rings (SSSR count). The number of nitrogens with one attached hydrogen (secondary N) is 1. The van der Waals surface area contributed by atoms with Crippen LogP contribution in [0.3, 0.4) is 0 Å². The van der Waals surface area contributed by atoms with Gasteiger partial charge in [-0.15, -0.1) is 5.11 Å². The number of carbonyl (C=O) groups is 1. The Morgan fingerprint density at radius 2 is 1.90 bits per heavy atom. The van der Waals surface area contributed by atoms with E-state index in [2.05, 4.69) is 27.4 Å². The summed E-state index contributed by atoms with van der Waals surface area (Å²) >= 11 is 0. The second kappa shape index (κ2) is 11.2. The highest BCUT2D eigenvalue weighted by molar-refractivity contribution is 6.67. The SMILES string of the molecule is [B]C([B])([B])C([B])([B])OC(=O)N1CCN(c2ccnn3cc(-c4ccc([C@]5(OCC)CCCNC5)cn4)cc23)CC1. The van der Waals surface area contributed by atoms with E-state index in [1.807, 2.05) is 36.0 Å². The van der Waals surface area contributed by atoms with Gasteiger partial charge in [-0.3, -0.25) is 4.98 Å². The maximum atomic E-state index is 12.6. The fraction of sp³-hybridized carbons (Fsp3) is 0.500. The number of piperazine rings is 1. The largest absolute Gasteiger partial charge is 0.465 e. The number of rotatable bonds is 7. The van der Waals surface area contributed by atoms with Gasteiger partial charge in [-0.05, 0) is 44.5 Å². The maximum absolute atomic E-state index is 12.6. The monoisotopic (exact) mass is 528 g/mol. The average Bonchev–Trinajstić information content (AvgIpc) is 3.38. The van der Waals surface area contributed by atoms with Crippen molar-refractivity contribution in [3.05, 3.63) is 48.4 Å². The molecule has 3 aromatic heterocycles. The van der Waals surface area contributed by atoms with Gasteiger partial charge in [-0.1, -0.05) is 6.07 Å². The molecular weight excluding hydrogens is 498 g/mol. The maximum Gasteiger partial charge on any atom is 0.408 e. The van der Waals surface area contributed by atoms with Gasteiger partial charge >= 0.3 is 6.09 Å². The molecule has 2 saturated heterocycles. The minimum absolute atomic E-state index is 0.342. The quantitative estimate of drug-likeness (QED) is 0.456. The third kappa shape index (κ3) is 5.66. The molecule has 0 unspecified atom stereocenters. The first-order valence-corrected chi connectivity index (χ1v) is 13.5. The number of amides is 1. The van der Waals surface area contributed by atoms with Gasteiger partial charge in [0, 0.05) is 74.4 Å². The molecule has 0 aliphatic carbocycles. The lowest BCUT2D eigenvalue weighted by Gasteiger charge is -2.43. The number of hydrogen-bond acceptors (Lipinski definition) is 7. The lowest BCUT2D eigenvalue weighted by Crippen LogP contribution is -2.55. The van der Waals surface area contributed by atoms with E-state index in [-0.39, 0.29) is 5.60 Å². The number of pyridine rings is 1. The van der Waals surface area contributed by atoms with Crippen molar-refractivity contribution in [1.29, 1.82) is 0 Å². The summed E-state index contributed by atoms with van der Waals surface area (Å²) in [5.41, 5.74) is 4.48. The Bertz CT molecular complexity index is 1330. The number of aromatic nitrogens is 3. The molecule has 14 heteroatoms. The number of hydrogen-bond donors (Lipinski definition) is 1.